The van der Waals surface area contributed by atoms with Gasteiger partial charge in [0.25, 0.3) is 0 Å². The van der Waals surface area contributed by atoms with Gasteiger partial charge in [-0.15, -0.1) is 0 Å². The maximum absolute atomic E-state index is 11.6. The van der Waals surface area contributed by atoms with Crippen LogP contribution in [-0.4, -0.2) is 18.4 Å². The van der Waals surface area contributed by atoms with E-state index in [2.05, 4.69) is 5.32 Å². The number of ether oxygens (including phenoxy) is 1. The van der Waals surface area contributed by atoms with Gasteiger partial charge in [0, 0.05) is 6.08 Å². The number of esters is 1. The summed E-state index contributed by atoms with van der Waals surface area (Å²) < 4.78 is 10.3. The number of benzene rings is 1. The summed E-state index contributed by atoms with van der Waals surface area (Å²) in [6.07, 6.45) is 2.85. The summed E-state index contributed by atoms with van der Waals surface area (Å²) in [6, 6.07) is 12.9. The van der Waals surface area contributed by atoms with Crippen LogP contribution in [-0.2, 0) is 20.9 Å². The molecule has 1 amide bonds. The normalized spacial score (nSPS) is 10.6. The van der Waals surface area contributed by atoms with Gasteiger partial charge in [-0.25, -0.2) is 0 Å². The highest BCUT2D eigenvalue weighted by Gasteiger charge is 2.05. The first-order chi connectivity index (χ1) is 10.6. The van der Waals surface area contributed by atoms with E-state index in [1.165, 1.54) is 12.2 Å². The number of aryl methyl sites for hydroxylation is 1. The first-order valence-electron chi connectivity index (χ1n) is 6.85. The van der Waals surface area contributed by atoms with Gasteiger partial charge in [-0.3, -0.25) is 9.59 Å². The number of rotatable bonds is 6. The Morgan fingerprint density at radius 1 is 1.18 bits per heavy atom. The molecule has 0 spiro atoms. The third kappa shape index (κ3) is 5.28. The highest BCUT2D eigenvalue weighted by Crippen LogP contribution is 2.07. The Hall–Kier alpha value is -2.82. The molecule has 0 saturated carbocycles. The zero-order chi connectivity index (χ0) is 15.8. The second-order valence-electron chi connectivity index (χ2n) is 4.65. The van der Waals surface area contributed by atoms with E-state index in [-0.39, 0.29) is 19.1 Å². The van der Waals surface area contributed by atoms with Crippen LogP contribution in [0, 0.1) is 6.92 Å². The number of hydrogen-bond donors (Lipinski definition) is 1. The number of carbonyl (C=O) groups excluding carboxylic acids is 2. The van der Waals surface area contributed by atoms with Crippen molar-refractivity contribution in [2.24, 2.45) is 0 Å². The highest BCUT2D eigenvalue weighted by molar-refractivity contribution is 5.93. The van der Waals surface area contributed by atoms with Crippen LogP contribution >= 0.6 is 0 Å². The molecule has 2 aromatic rings. The van der Waals surface area contributed by atoms with Crippen LogP contribution in [0.25, 0.3) is 6.08 Å². The molecule has 1 aromatic heterocycles. The fourth-order valence-corrected chi connectivity index (χ4v) is 1.71. The second kappa shape index (κ2) is 7.83. The topological polar surface area (TPSA) is 68.5 Å². The van der Waals surface area contributed by atoms with Gasteiger partial charge < -0.3 is 14.5 Å². The molecule has 0 radical (unpaired) electrons. The predicted molar refractivity (Wildman–Crippen MR) is 81.7 cm³/mol. The van der Waals surface area contributed by atoms with Crippen molar-refractivity contribution in [3.63, 3.8) is 0 Å². The van der Waals surface area contributed by atoms with Crippen molar-refractivity contribution in [1.82, 2.24) is 5.32 Å². The van der Waals surface area contributed by atoms with Gasteiger partial charge in [-0.05, 0) is 30.7 Å². The maximum atomic E-state index is 11.6. The van der Waals surface area contributed by atoms with Gasteiger partial charge in [0.1, 0.15) is 24.7 Å². The average molecular weight is 299 g/mol. The van der Waals surface area contributed by atoms with Crippen molar-refractivity contribution >= 4 is 18.0 Å². The molecule has 0 aliphatic heterocycles. The largest absolute Gasteiger partial charge is 0.462 e. The number of amides is 1. The van der Waals surface area contributed by atoms with Crippen molar-refractivity contribution < 1.29 is 18.7 Å². The summed E-state index contributed by atoms with van der Waals surface area (Å²) in [5.41, 5.74) is 0.898. The zero-order valence-electron chi connectivity index (χ0n) is 12.2. The monoisotopic (exact) mass is 299 g/mol. The third-order valence-corrected chi connectivity index (χ3v) is 2.81. The molecule has 2 rings (SSSR count). The summed E-state index contributed by atoms with van der Waals surface area (Å²) in [5, 5.41) is 2.45. The van der Waals surface area contributed by atoms with Crippen LogP contribution < -0.4 is 5.32 Å². The quantitative estimate of drug-likeness (QED) is 0.657. The Balaban J connectivity index is 1.69. The fraction of sp³-hybridized carbons (Fsp3) is 0.176. The smallest absolute Gasteiger partial charge is 0.325 e. The van der Waals surface area contributed by atoms with E-state index in [0.29, 0.717) is 5.76 Å². The molecule has 1 heterocycles. The minimum atomic E-state index is -0.487. The van der Waals surface area contributed by atoms with E-state index in [9.17, 15) is 9.59 Å². The lowest BCUT2D eigenvalue weighted by atomic mass is 10.2. The molecular formula is C17H17NO4. The van der Waals surface area contributed by atoms with Crippen molar-refractivity contribution in [3.05, 3.63) is 65.6 Å². The Bertz CT molecular complexity index is 658. The molecule has 0 saturated heterocycles. The Morgan fingerprint density at radius 2 is 1.95 bits per heavy atom. The van der Waals surface area contributed by atoms with E-state index >= 15 is 0 Å². The van der Waals surface area contributed by atoms with Crippen molar-refractivity contribution in [2.45, 2.75) is 13.5 Å². The number of furan rings is 1. The van der Waals surface area contributed by atoms with Crippen LogP contribution in [0.3, 0.4) is 0 Å². The minimum Gasteiger partial charge on any atom is -0.462 e. The van der Waals surface area contributed by atoms with E-state index < -0.39 is 5.97 Å². The molecule has 1 N–H and O–H groups in total. The molecule has 0 aliphatic carbocycles. The van der Waals surface area contributed by atoms with E-state index in [1.807, 2.05) is 37.3 Å². The number of carbonyl (C=O) groups is 2. The van der Waals surface area contributed by atoms with Gasteiger partial charge in [0.15, 0.2) is 0 Å². The van der Waals surface area contributed by atoms with Crippen LogP contribution in [0.1, 0.15) is 17.1 Å². The van der Waals surface area contributed by atoms with E-state index in [4.69, 9.17) is 9.15 Å². The Morgan fingerprint density at radius 3 is 2.64 bits per heavy atom. The van der Waals surface area contributed by atoms with Crippen molar-refractivity contribution in [3.8, 4) is 0 Å². The summed E-state index contributed by atoms with van der Waals surface area (Å²) in [4.78, 5) is 23.1. The zero-order valence-corrected chi connectivity index (χ0v) is 12.2. The van der Waals surface area contributed by atoms with Gasteiger partial charge >= 0.3 is 5.97 Å². The summed E-state index contributed by atoms with van der Waals surface area (Å²) in [7, 11) is 0. The van der Waals surface area contributed by atoms with Gasteiger partial charge in [-0.1, -0.05) is 30.3 Å². The number of hydrogen-bond acceptors (Lipinski definition) is 4. The van der Waals surface area contributed by atoms with Gasteiger partial charge in [0.2, 0.25) is 5.91 Å². The molecule has 0 atom stereocenters. The SMILES string of the molecule is Cc1ccc(/C=C/C(=O)NCC(=O)OCc2ccccc2)o1. The molecule has 5 nitrogen and oxygen atoms in total. The molecule has 5 heteroatoms. The van der Waals surface area contributed by atoms with Gasteiger partial charge in [0.05, 0.1) is 0 Å². The molecule has 1 aromatic carbocycles. The maximum Gasteiger partial charge on any atom is 0.325 e. The van der Waals surface area contributed by atoms with Crippen molar-refractivity contribution in [2.75, 3.05) is 6.54 Å². The lowest BCUT2D eigenvalue weighted by Crippen LogP contribution is -2.29. The minimum absolute atomic E-state index is 0.173. The first kappa shape index (κ1) is 15.6. The first-order valence-corrected chi connectivity index (χ1v) is 6.85. The van der Waals surface area contributed by atoms with Crippen LogP contribution in [0.2, 0.25) is 0 Å². The molecule has 0 bridgehead atoms. The molecule has 114 valence electrons. The summed E-state index contributed by atoms with van der Waals surface area (Å²) in [6.45, 7) is 1.84. The second-order valence-corrected chi connectivity index (χ2v) is 4.65. The molecular weight excluding hydrogens is 282 g/mol. The molecule has 0 unspecified atom stereocenters. The van der Waals surface area contributed by atoms with E-state index in [1.54, 1.807) is 12.1 Å². The third-order valence-electron chi connectivity index (χ3n) is 2.81. The van der Waals surface area contributed by atoms with Crippen LogP contribution in [0.4, 0.5) is 0 Å². The Labute approximate surface area is 128 Å². The van der Waals surface area contributed by atoms with Crippen LogP contribution in [0.5, 0.6) is 0 Å². The predicted octanol–water partition coefficient (Wildman–Crippen LogP) is 2.46. The number of nitrogens with one attached hydrogen (secondary N) is 1. The fourth-order valence-electron chi connectivity index (χ4n) is 1.71. The van der Waals surface area contributed by atoms with Crippen LogP contribution in [0.15, 0.2) is 53.0 Å². The van der Waals surface area contributed by atoms with Gasteiger partial charge in [-0.2, -0.15) is 0 Å². The molecule has 22 heavy (non-hydrogen) atoms. The van der Waals surface area contributed by atoms with E-state index in [0.717, 1.165) is 11.3 Å². The molecule has 0 aliphatic rings. The van der Waals surface area contributed by atoms with Crippen molar-refractivity contribution in [1.29, 1.82) is 0 Å². The highest BCUT2D eigenvalue weighted by atomic mass is 16.5. The standard InChI is InChI=1S/C17H17NO4/c1-13-7-8-15(22-13)9-10-16(19)18-11-17(20)21-12-14-5-3-2-4-6-14/h2-10H,11-12H2,1H3,(H,18,19)/b10-9+. The summed E-state index contributed by atoms with van der Waals surface area (Å²) in [5.74, 6) is 0.481. The lowest BCUT2D eigenvalue weighted by molar-refractivity contribution is -0.144. The average Bonchev–Trinajstić information content (AvgIpc) is 2.95. The Kier molecular flexibility index (Phi) is 5.54. The summed E-state index contributed by atoms with van der Waals surface area (Å²) >= 11 is 0. The lowest BCUT2D eigenvalue weighted by Gasteiger charge is -2.05. The molecule has 0 fully saturated rings.